The maximum absolute atomic E-state index is 14.9. The van der Waals surface area contributed by atoms with Crippen molar-refractivity contribution in [2.24, 2.45) is 0 Å². The minimum absolute atomic E-state index is 0.0432. The molecule has 2 aliphatic carbocycles. The summed E-state index contributed by atoms with van der Waals surface area (Å²) in [7, 11) is 0. The highest BCUT2D eigenvalue weighted by molar-refractivity contribution is 6.08. The van der Waals surface area contributed by atoms with E-state index in [1.165, 1.54) is 18.2 Å². The SMILES string of the molecule is CC(C)(C)OC(=O)OC(C(=O)OCC1c2ccccc2-c2ccccc21)(C(=O)OC(C)(C)C)c1ccccc1C(=O)OCC1c2ccccc2-c2ccccc21. The number of carbonyl (C=O) groups is 4. The van der Waals surface area contributed by atoms with Gasteiger partial charge in [0, 0.05) is 17.4 Å². The molecule has 5 aromatic carbocycles. The summed E-state index contributed by atoms with van der Waals surface area (Å²) in [4.78, 5) is 57.4. The van der Waals surface area contributed by atoms with Gasteiger partial charge in [0.05, 0.1) is 5.56 Å². The van der Waals surface area contributed by atoms with Crippen molar-refractivity contribution in [3.8, 4) is 22.3 Å². The van der Waals surface area contributed by atoms with Crippen LogP contribution in [-0.2, 0) is 38.9 Å². The van der Waals surface area contributed by atoms with Gasteiger partial charge in [0.15, 0.2) is 0 Å². The lowest BCUT2D eigenvalue weighted by Gasteiger charge is -2.34. The number of rotatable bonds is 9. The van der Waals surface area contributed by atoms with Gasteiger partial charge < -0.3 is 23.7 Å². The molecule has 0 aromatic heterocycles. The molecule has 0 spiro atoms. The number of carbonyl (C=O) groups excluding carboxylic acids is 4. The summed E-state index contributed by atoms with van der Waals surface area (Å²) in [5, 5.41) is 0. The van der Waals surface area contributed by atoms with Crippen LogP contribution in [-0.4, -0.2) is 48.5 Å². The third-order valence-electron chi connectivity index (χ3n) is 9.81. The van der Waals surface area contributed by atoms with Crippen LogP contribution in [0.3, 0.4) is 0 Å². The van der Waals surface area contributed by atoms with E-state index in [0.29, 0.717) is 0 Å². The highest BCUT2D eigenvalue weighted by Gasteiger charge is 2.58. The largest absolute Gasteiger partial charge is 0.510 e. The molecule has 1 unspecified atom stereocenters. The Hall–Kier alpha value is -6.22. The molecule has 5 aromatic rings. The van der Waals surface area contributed by atoms with Gasteiger partial charge in [0.1, 0.15) is 24.4 Å². The summed E-state index contributed by atoms with van der Waals surface area (Å²) in [6.07, 6.45) is -1.35. The molecular formula is C47H44O9. The topological polar surface area (TPSA) is 114 Å². The van der Waals surface area contributed by atoms with E-state index in [-0.39, 0.29) is 30.3 Å². The van der Waals surface area contributed by atoms with Crippen molar-refractivity contribution < 1.29 is 42.9 Å². The van der Waals surface area contributed by atoms with E-state index in [4.69, 9.17) is 23.7 Å². The van der Waals surface area contributed by atoms with E-state index < -0.39 is 46.8 Å². The van der Waals surface area contributed by atoms with Crippen LogP contribution < -0.4 is 0 Å². The smallest absolute Gasteiger partial charge is 0.461 e. The molecule has 0 saturated carbocycles. The molecule has 0 bridgehead atoms. The first kappa shape index (κ1) is 38.1. The van der Waals surface area contributed by atoms with Gasteiger partial charge in [-0.3, -0.25) is 0 Å². The molecule has 1 atom stereocenters. The first-order valence-corrected chi connectivity index (χ1v) is 18.6. The second kappa shape index (κ2) is 14.8. The fourth-order valence-corrected chi connectivity index (χ4v) is 7.53. The lowest BCUT2D eigenvalue weighted by Crippen LogP contribution is -2.53. The van der Waals surface area contributed by atoms with Crippen molar-refractivity contribution in [3.63, 3.8) is 0 Å². The van der Waals surface area contributed by atoms with E-state index in [1.54, 1.807) is 47.6 Å². The number of ether oxygens (including phenoxy) is 5. The van der Waals surface area contributed by atoms with Crippen LogP contribution >= 0.6 is 0 Å². The molecular weight excluding hydrogens is 709 g/mol. The van der Waals surface area contributed by atoms with Crippen molar-refractivity contribution in [3.05, 3.63) is 155 Å². The van der Waals surface area contributed by atoms with Gasteiger partial charge in [-0.25, -0.2) is 19.2 Å². The van der Waals surface area contributed by atoms with Crippen LogP contribution in [0.1, 0.15) is 91.6 Å². The van der Waals surface area contributed by atoms with E-state index >= 15 is 0 Å². The molecule has 0 radical (unpaired) electrons. The van der Waals surface area contributed by atoms with Gasteiger partial charge in [-0.05, 0) is 92.1 Å². The maximum atomic E-state index is 14.9. The summed E-state index contributed by atoms with van der Waals surface area (Å²) in [6, 6.07) is 37.3. The average molecular weight is 753 g/mol. The monoisotopic (exact) mass is 752 g/mol. The molecule has 9 heteroatoms. The third kappa shape index (κ3) is 7.29. The molecule has 286 valence electrons. The van der Waals surface area contributed by atoms with Crippen molar-refractivity contribution >= 4 is 24.1 Å². The lowest BCUT2D eigenvalue weighted by molar-refractivity contribution is -0.196. The van der Waals surface area contributed by atoms with Gasteiger partial charge in [-0.1, -0.05) is 115 Å². The van der Waals surface area contributed by atoms with Gasteiger partial charge in [-0.2, -0.15) is 0 Å². The number of fused-ring (bicyclic) bond motifs is 6. The Morgan fingerprint density at radius 1 is 0.464 bits per heavy atom. The summed E-state index contributed by atoms with van der Waals surface area (Å²) in [6.45, 7) is 9.40. The molecule has 0 fully saturated rings. The van der Waals surface area contributed by atoms with Crippen LogP contribution in [0.4, 0.5) is 4.79 Å². The number of benzene rings is 5. The van der Waals surface area contributed by atoms with Crippen LogP contribution in [0.5, 0.6) is 0 Å². The summed E-state index contributed by atoms with van der Waals surface area (Å²) in [5.41, 5.74) is 2.26. The Bertz CT molecular complexity index is 2240. The highest BCUT2D eigenvalue weighted by Crippen LogP contribution is 2.46. The van der Waals surface area contributed by atoms with Crippen molar-refractivity contribution in [1.82, 2.24) is 0 Å². The second-order valence-corrected chi connectivity index (χ2v) is 15.9. The molecule has 0 N–H and O–H groups in total. The normalized spacial score (nSPS) is 14.3. The van der Waals surface area contributed by atoms with Crippen molar-refractivity contribution in [2.75, 3.05) is 13.2 Å². The van der Waals surface area contributed by atoms with Crippen LogP contribution in [0.25, 0.3) is 22.3 Å². The van der Waals surface area contributed by atoms with E-state index in [2.05, 4.69) is 0 Å². The standard InChI is InChI=1S/C47H44O9/c1-45(2,3)54-43(50)47(56-44(51)55-46(4,5)6,42(49)53-28-39-35-23-13-9-19-31(35)32-20-10-14-24-36(32)39)40-26-16-15-25-37(40)41(48)52-27-38-33-21-11-7-17-29(33)30-18-8-12-22-34(30)38/h7-26,38-39H,27-28H2,1-6H3. The van der Waals surface area contributed by atoms with Crippen LogP contribution in [0.2, 0.25) is 0 Å². The summed E-state index contributed by atoms with van der Waals surface area (Å²) >= 11 is 0. The minimum atomic E-state index is -2.95. The Kier molecular flexibility index (Phi) is 10.1. The van der Waals surface area contributed by atoms with Gasteiger partial charge >= 0.3 is 29.7 Å². The Morgan fingerprint density at radius 2 is 0.857 bits per heavy atom. The fourth-order valence-electron chi connectivity index (χ4n) is 7.53. The number of esters is 3. The summed E-state index contributed by atoms with van der Waals surface area (Å²) < 4.78 is 29.3. The predicted octanol–water partition coefficient (Wildman–Crippen LogP) is 9.50. The predicted molar refractivity (Wildman–Crippen MR) is 210 cm³/mol. The fraction of sp³-hybridized carbons (Fsp3) is 0.277. The lowest BCUT2D eigenvalue weighted by atomic mass is 9.88. The Balaban J connectivity index is 1.28. The molecule has 0 aliphatic heterocycles. The summed E-state index contributed by atoms with van der Waals surface area (Å²) in [5.74, 6) is -4.06. The molecule has 0 heterocycles. The average Bonchev–Trinajstić information content (AvgIpc) is 3.66. The Morgan fingerprint density at radius 3 is 1.30 bits per heavy atom. The number of hydrogen-bond acceptors (Lipinski definition) is 9. The number of hydrogen-bond donors (Lipinski definition) is 0. The zero-order chi connectivity index (χ0) is 39.8. The third-order valence-corrected chi connectivity index (χ3v) is 9.81. The van der Waals surface area contributed by atoms with Crippen molar-refractivity contribution in [2.45, 2.75) is 70.2 Å². The van der Waals surface area contributed by atoms with E-state index in [0.717, 1.165) is 44.5 Å². The van der Waals surface area contributed by atoms with Crippen LogP contribution in [0, 0.1) is 0 Å². The Labute approximate surface area is 326 Å². The van der Waals surface area contributed by atoms with E-state index in [1.807, 2.05) is 97.1 Å². The minimum Gasteiger partial charge on any atom is -0.461 e. The van der Waals surface area contributed by atoms with Gasteiger partial charge in [-0.15, -0.1) is 0 Å². The first-order valence-electron chi connectivity index (χ1n) is 18.6. The molecule has 56 heavy (non-hydrogen) atoms. The van der Waals surface area contributed by atoms with Crippen LogP contribution in [0.15, 0.2) is 121 Å². The molecule has 9 nitrogen and oxygen atoms in total. The molecule has 7 rings (SSSR count). The second-order valence-electron chi connectivity index (χ2n) is 15.9. The molecule has 0 amide bonds. The first-order chi connectivity index (χ1) is 26.7. The van der Waals surface area contributed by atoms with Crippen molar-refractivity contribution in [1.29, 1.82) is 0 Å². The highest BCUT2D eigenvalue weighted by atomic mass is 16.8. The maximum Gasteiger partial charge on any atom is 0.510 e. The quantitative estimate of drug-likeness (QED) is 0.0825. The van der Waals surface area contributed by atoms with Gasteiger partial charge in [0.25, 0.3) is 0 Å². The zero-order valence-electron chi connectivity index (χ0n) is 32.3. The molecule has 2 aliphatic rings. The molecule has 0 saturated heterocycles. The van der Waals surface area contributed by atoms with Gasteiger partial charge in [0.2, 0.25) is 0 Å². The van der Waals surface area contributed by atoms with E-state index in [9.17, 15) is 19.2 Å². The zero-order valence-corrected chi connectivity index (χ0v) is 32.3.